The molecule has 6 nitrogen and oxygen atoms in total. The number of pyridine rings is 1. The third-order valence-corrected chi connectivity index (χ3v) is 5.19. The van der Waals surface area contributed by atoms with Crippen LogP contribution in [0.3, 0.4) is 0 Å². The number of hydrogen-bond acceptors (Lipinski definition) is 5. The molecule has 0 saturated carbocycles. The van der Waals surface area contributed by atoms with Gasteiger partial charge in [-0.2, -0.15) is 0 Å². The Kier molecular flexibility index (Phi) is 5.81. The van der Waals surface area contributed by atoms with Crippen molar-refractivity contribution in [2.75, 3.05) is 45.8 Å². The predicted octanol–water partition coefficient (Wildman–Crippen LogP) is 0.744. The van der Waals surface area contributed by atoms with Crippen molar-refractivity contribution in [3.8, 4) is 0 Å². The van der Waals surface area contributed by atoms with E-state index < -0.39 is 6.10 Å². The van der Waals surface area contributed by atoms with Crippen LogP contribution >= 0.6 is 0 Å². The number of aromatic nitrogens is 1. The molecule has 1 N–H and O–H groups in total. The molecule has 24 heavy (non-hydrogen) atoms. The van der Waals surface area contributed by atoms with E-state index >= 15 is 0 Å². The summed E-state index contributed by atoms with van der Waals surface area (Å²) in [5, 5.41) is 10.3. The van der Waals surface area contributed by atoms with E-state index in [0.717, 1.165) is 39.1 Å². The van der Waals surface area contributed by atoms with Crippen LogP contribution in [0.2, 0.25) is 0 Å². The summed E-state index contributed by atoms with van der Waals surface area (Å²) in [5.74, 6) is 0.184. The van der Waals surface area contributed by atoms with Crippen molar-refractivity contribution < 1.29 is 9.90 Å². The molecule has 1 aromatic rings. The van der Waals surface area contributed by atoms with Crippen molar-refractivity contribution in [1.29, 1.82) is 0 Å². The lowest BCUT2D eigenvalue weighted by atomic mass is 10.1. The van der Waals surface area contributed by atoms with Gasteiger partial charge in [0.15, 0.2) is 0 Å². The van der Waals surface area contributed by atoms with Crippen LogP contribution < -0.4 is 0 Å². The molecule has 132 valence electrons. The smallest absolute Gasteiger partial charge is 0.222 e. The summed E-state index contributed by atoms with van der Waals surface area (Å²) in [6, 6.07) is 4.48. The van der Waals surface area contributed by atoms with Crippen LogP contribution in [0.25, 0.3) is 0 Å². The standard InChI is InChI=1S/C18H28N4O2/c1-15(16-4-2-6-19-12-16)21-10-8-20(9-11-21)13-17(23)14-22-7-3-5-18(22)24/h2,4,6,12,15,17,23H,3,5,7-11,13-14H2,1H3/t15-,17-/m1/s1. The molecule has 3 rings (SSSR count). The second-order valence-electron chi connectivity index (χ2n) is 6.90. The molecule has 2 fully saturated rings. The van der Waals surface area contributed by atoms with Gasteiger partial charge in [-0.05, 0) is 25.0 Å². The molecule has 0 aromatic carbocycles. The molecule has 1 amide bonds. The Morgan fingerprint density at radius 3 is 2.62 bits per heavy atom. The molecular formula is C18H28N4O2. The maximum atomic E-state index is 11.6. The summed E-state index contributed by atoms with van der Waals surface area (Å²) in [4.78, 5) is 22.4. The fourth-order valence-electron chi connectivity index (χ4n) is 3.67. The molecule has 6 heteroatoms. The van der Waals surface area contributed by atoms with Gasteiger partial charge in [0.25, 0.3) is 0 Å². The van der Waals surface area contributed by atoms with Gasteiger partial charge in [0, 0.05) is 70.7 Å². The molecule has 0 radical (unpaired) electrons. The van der Waals surface area contributed by atoms with Crippen molar-refractivity contribution in [1.82, 2.24) is 19.7 Å². The first-order valence-electron chi connectivity index (χ1n) is 8.95. The lowest BCUT2D eigenvalue weighted by Gasteiger charge is -2.39. The summed E-state index contributed by atoms with van der Waals surface area (Å²) in [6.07, 6.45) is 4.86. The topological polar surface area (TPSA) is 59.9 Å². The fraction of sp³-hybridized carbons (Fsp3) is 0.667. The number of amides is 1. The number of nitrogens with zero attached hydrogens (tertiary/aromatic N) is 4. The molecule has 0 bridgehead atoms. The van der Waals surface area contributed by atoms with Gasteiger partial charge in [-0.25, -0.2) is 0 Å². The maximum absolute atomic E-state index is 11.6. The zero-order valence-corrected chi connectivity index (χ0v) is 14.5. The summed E-state index contributed by atoms with van der Waals surface area (Å²) in [5.41, 5.74) is 1.25. The molecule has 0 aliphatic carbocycles. The Labute approximate surface area is 144 Å². The molecule has 2 aliphatic rings. The third kappa shape index (κ3) is 4.32. The van der Waals surface area contributed by atoms with E-state index in [4.69, 9.17) is 0 Å². The van der Waals surface area contributed by atoms with Crippen molar-refractivity contribution in [3.05, 3.63) is 30.1 Å². The maximum Gasteiger partial charge on any atom is 0.222 e. The highest BCUT2D eigenvalue weighted by Crippen LogP contribution is 2.20. The quantitative estimate of drug-likeness (QED) is 0.833. The highest BCUT2D eigenvalue weighted by Gasteiger charge is 2.26. The number of carbonyl (C=O) groups is 1. The molecule has 1 aromatic heterocycles. The zero-order valence-electron chi connectivity index (χ0n) is 14.5. The Morgan fingerprint density at radius 1 is 1.21 bits per heavy atom. The largest absolute Gasteiger partial charge is 0.390 e. The van der Waals surface area contributed by atoms with Gasteiger partial charge in [0.05, 0.1) is 6.10 Å². The molecule has 2 saturated heterocycles. The first-order chi connectivity index (χ1) is 11.6. The first kappa shape index (κ1) is 17.3. The summed E-state index contributed by atoms with van der Waals surface area (Å²) < 4.78 is 0. The lowest BCUT2D eigenvalue weighted by molar-refractivity contribution is -0.129. The Balaban J connectivity index is 1.42. The second-order valence-corrected chi connectivity index (χ2v) is 6.90. The monoisotopic (exact) mass is 332 g/mol. The molecular weight excluding hydrogens is 304 g/mol. The van der Waals surface area contributed by atoms with Gasteiger partial charge in [-0.3, -0.25) is 19.6 Å². The van der Waals surface area contributed by atoms with Gasteiger partial charge in [0.2, 0.25) is 5.91 Å². The second kappa shape index (κ2) is 8.05. The van der Waals surface area contributed by atoms with E-state index in [2.05, 4.69) is 27.8 Å². The van der Waals surface area contributed by atoms with Gasteiger partial charge in [-0.15, -0.1) is 0 Å². The molecule has 2 aliphatic heterocycles. The van der Waals surface area contributed by atoms with Crippen LogP contribution in [-0.2, 0) is 4.79 Å². The van der Waals surface area contributed by atoms with Crippen molar-refractivity contribution >= 4 is 5.91 Å². The number of hydrogen-bond donors (Lipinski definition) is 1. The summed E-state index contributed by atoms with van der Waals surface area (Å²) >= 11 is 0. The van der Waals surface area contributed by atoms with Crippen LogP contribution in [0.15, 0.2) is 24.5 Å². The van der Waals surface area contributed by atoms with E-state index in [1.165, 1.54) is 5.56 Å². The Bertz CT molecular complexity index is 531. The Morgan fingerprint density at radius 2 is 2.00 bits per heavy atom. The average Bonchev–Trinajstić information content (AvgIpc) is 3.00. The number of aliphatic hydroxyl groups is 1. The number of likely N-dealkylation sites (tertiary alicyclic amines) is 1. The molecule has 0 spiro atoms. The van der Waals surface area contributed by atoms with Gasteiger partial charge < -0.3 is 10.0 Å². The van der Waals surface area contributed by atoms with Crippen LogP contribution in [0.5, 0.6) is 0 Å². The van der Waals surface area contributed by atoms with Gasteiger partial charge >= 0.3 is 0 Å². The molecule has 2 atom stereocenters. The average molecular weight is 332 g/mol. The Hall–Kier alpha value is -1.50. The van der Waals surface area contributed by atoms with E-state index in [1.54, 1.807) is 11.1 Å². The van der Waals surface area contributed by atoms with Crippen molar-refractivity contribution in [2.45, 2.75) is 31.9 Å². The number of piperazine rings is 1. The third-order valence-electron chi connectivity index (χ3n) is 5.19. The highest BCUT2D eigenvalue weighted by atomic mass is 16.3. The van der Waals surface area contributed by atoms with Crippen molar-refractivity contribution in [2.24, 2.45) is 0 Å². The number of carbonyl (C=O) groups excluding carboxylic acids is 1. The van der Waals surface area contributed by atoms with Crippen LogP contribution in [-0.4, -0.2) is 82.6 Å². The van der Waals surface area contributed by atoms with Crippen LogP contribution in [0.4, 0.5) is 0 Å². The minimum atomic E-state index is -0.450. The highest BCUT2D eigenvalue weighted by molar-refractivity contribution is 5.78. The van der Waals surface area contributed by atoms with E-state index in [-0.39, 0.29) is 5.91 Å². The summed E-state index contributed by atoms with van der Waals surface area (Å²) in [7, 11) is 0. The van der Waals surface area contributed by atoms with E-state index in [9.17, 15) is 9.90 Å². The number of aliphatic hydroxyl groups excluding tert-OH is 1. The zero-order chi connectivity index (χ0) is 16.9. The van der Waals surface area contributed by atoms with E-state index in [0.29, 0.717) is 25.6 Å². The minimum absolute atomic E-state index is 0.184. The SMILES string of the molecule is C[C@H](c1cccnc1)N1CCN(C[C@@H](O)CN2CCCC2=O)CC1. The van der Waals surface area contributed by atoms with Gasteiger partial charge in [0.1, 0.15) is 0 Å². The number of β-amino-alcohol motifs (C(OH)–C–C–N with tert-alkyl or cyclic N) is 1. The van der Waals surface area contributed by atoms with Gasteiger partial charge in [-0.1, -0.05) is 6.07 Å². The van der Waals surface area contributed by atoms with Crippen LogP contribution in [0, 0.1) is 0 Å². The predicted molar refractivity (Wildman–Crippen MR) is 92.5 cm³/mol. The first-order valence-corrected chi connectivity index (χ1v) is 8.95. The number of rotatable bonds is 6. The molecule has 0 unspecified atom stereocenters. The van der Waals surface area contributed by atoms with E-state index in [1.807, 2.05) is 12.3 Å². The van der Waals surface area contributed by atoms with Crippen molar-refractivity contribution in [3.63, 3.8) is 0 Å². The fourth-order valence-corrected chi connectivity index (χ4v) is 3.67. The summed E-state index contributed by atoms with van der Waals surface area (Å²) in [6.45, 7) is 8.04. The lowest BCUT2D eigenvalue weighted by Crippen LogP contribution is -2.50. The molecule has 3 heterocycles. The normalized spacial score (nSPS) is 22.8. The minimum Gasteiger partial charge on any atom is -0.390 e. The van der Waals surface area contributed by atoms with Crippen LogP contribution in [0.1, 0.15) is 31.4 Å².